The van der Waals surface area contributed by atoms with Crippen LogP contribution in [0.5, 0.6) is 5.75 Å². The van der Waals surface area contributed by atoms with Crippen LogP contribution in [0.4, 0.5) is 14.9 Å². The van der Waals surface area contributed by atoms with Gasteiger partial charge in [-0.05, 0) is 56.7 Å². The van der Waals surface area contributed by atoms with Crippen LogP contribution in [0.2, 0.25) is 0 Å². The highest BCUT2D eigenvalue weighted by Gasteiger charge is 2.39. The van der Waals surface area contributed by atoms with Gasteiger partial charge in [-0.1, -0.05) is 12.1 Å². The van der Waals surface area contributed by atoms with Crippen molar-refractivity contribution in [2.75, 3.05) is 44.5 Å². The van der Waals surface area contributed by atoms with E-state index in [1.54, 1.807) is 43.9 Å². The van der Waals surface area contributed by atoms with Crippen LogP contribution in [-0.4, -0.2) is 71.1 Å². The number of methoxy groups -OCH3 is 1. The highest BCUT2D eigenvalue weighted by molar-refractivity contribution is 7.92. The Balaban J connectivity index is 1.73. The third-order valence-corrected chi connectivity index (χ3v) is 7.48. The lowest BCUT2D eigenvalue weighted by Gasteiger charge is -2.29. The number of carbonyl (C=O) groups excluding carboxylic acids is 2. The summed E-state index contributed by atoms with van der Waals surface area (Å²) < 4.78 is 65.2. The van der Waals surface area contributed by atoms with Gasteiger partial charge in [0.1, 0.15) is 17.8 Å². The van der Waals surface area contributed by atoms with Crippen molar-refractivity contribution in [3.63, 3.8) is 0 Å². The SMILES string of the molecule is COCCOCOc1cc2ccc(C3CCCN3C(=O)OC(C)(C)C)cc2c(F)c1N1CC(=O)NS1(=O)=O. The van der Waals surface area contributed by atoms with Crippen molar-refractivity contribution in [3.8, 4) is 5.75 Å². The largest absolute Gasteiger partial charge is 0.465 e. The van der Waals surface area contributed by atoms with E-state index in [-0.39, 0.29) is 30.6 Å². The van der Waals surface area contributed by atoms with E-state index in [2.05, 4.69) is 0 Å². The first-order chi connectivity index (χ1) is 17.9. The molecular formula is C25H32FN3O8S. The van der Waals surface area contributed by atoms with Crippen LogP contribution in [0.3, 0.4) is 0 Å². The number of benzene rings is 2. The number of amides is 2. The topological polar surface area (TPSA) is 124 Å². The first-order valence-corrected chi connectivity index (χ1v) is 13.6. The van der Waals surface area contributed by atoms with Gasteiger partial charge >= 0.3 is 16.3 Å². The molecule has 0 bridgehead atoms. The third kappa shape index (κ3) is 5.94. The summed E-state index contributed by atoms with van der Waals surface area (Å²) in [4.78, 5) is 26.3. The number of likely N-dealkylation sites (tertiary alicyclic amines) is 1. The molecule has 0 radical (unpaired) electrons. The number of nitrogens with zero attached hydrogens (tertiary/aromatic N) is 2. The van der Waals surface area contributed by atoms with Crippen molar-refractivity contribution < 1.29 is 41.3 Å². The Kier molecular flexibility index (Phi) is 8.00. The summed E-state index contributed by atoms with van der Waals surface area (Å²) in [5.41, 5.74) is -0.384. The van der Waals surface area contributed by atoms with Crippen LogP contribution in [0.1, 0.15) is 45.2 Å². The number of nitrogens with one attached hydrogen (secondary N) is 1. The molecule has 1 atom stereocenters. The molecule has 2 aliphatic rings. The van der Waals surface area contributed by atoms with Crippen LogP contribution in [0.25, 0.3) is 10.8 Å². The number of fused-ring (bicyclic) bond motifs is 1. The van der Waals surface area contributed by atoms with Gasteiger partial charge in [0, 0.05) is 19.0 Å². The number of carbonyl (C=O) groups is 2. The lowest BCUT2D eigenvalue weighted by atomic mass is 9.99. The average molecular weight is 554 g/mol. The Labute approximate surface area is 220 Å². The average Bonchev–Trinajstić information content (AvgIpc) is 3.41. The van der Waals surface area contributed by atoms with Gasteiger partial charge < -0.3 is 23.8 Å². The summed E-state index contributed by atoms with van der Waals surface area (Å²) >= 11 is 0. The van der Waals surface area contributed by atoms with Crippen molar-refractivity contribution in [1.29, 1.82) is 0 Å². The Hall–Kier alpha value is -3.16. The van der Waals surface area contributed by atoms with Crippen molar-refractivity contribution in [2.24, 2.45) is 0 Å². The molecule has 0 saturated carbocycles. The number of anilines is 1. The van der Waals surface area contributed by atoms with E-state index in [1.807, 2.05) is 4.72 Å². The molecule has 0 aliphatic carbocycles. The first kappa shape index (κ1) is 27.9. The minimum Gasteiger partial charge on any atom is -0.465 e. The summed E-state index contributed by atoms with van der Waals surface area (Å²) in [5.74, 6) is -1.77. The number of rotatable bonds is 8. The zero-order valence-electron chi connectivity index (χ0n) is 21.8. The van der Waals surface area contributed by atoms with E-state index < -0.39 is 45.9 Å². The third-order valence-electron chi connectivity index (χ3n) is 6.11. The van der Waals surface area contributed by atoms with Crippen LogP contribution in [0, 0.1) is 5.82 Å². The van der Waals surface area contributed by atoms with Gasteiger partial charge in [-0.2, -0.15) is 8.42 Å². The fourth-order valence-electron chi connectivity index (χ4n) is 4.49. The summed E-state index contributed by atoms with van der Waals surface area (Å²) in [6.45, 7) is 5.50. The Morgan fingerprint density at radius 2 is 1.97 bits per heavy atom. The molecule has 2 aliphatic heterocycles. The van der Waals surface area contributed by atoms with Gasteiger partial charge in [0.2, 0.25) is 0 Å². The van der Waals surface area contributed by atoms with Gasteiger partial charge in [-0.15, -0.1) is 0 Å². The quantitative estimate of drug-likeness (QED) is 0.390. The highest BCUT2D eigenvalue weighted by Crippen LogP contribution is 2.41. The second-order valence-electron chi connectivity index (χ2n) is 10.0. The molecular weight excluding hydrogens is 521 g/mol. The maximum atomic E-state index is 16.1. The second kappa shape index (κ2) is 10.9. The molecule has 2 aromatic rings. The molecule has 13 heteroatoms. The molecule has 0 spiro atoms. The summed E-state index contributed by atoms with van der Waals surface area (Å²) in [5, 5.41) is 0.565. The number of ether oxygens (including phenoxy) is 4. The lowest BCUT2D eigenvalue weighted by molar-refractivity contribution is -0.117. The zero-order valence-corrected chi connectivity index (χ0v) is 22.6. The van der Waals surface area contributed by atoms with E-state index in [4.69, 9.17) is 18.9 Å². The maximum Gasteiger partial charge on any atom is 0.410 e. The van der Waals surface area contributed by atoms with Crippen molar-refractivity contribution >= 4 is 38.7 Å². The number of halogens is 1. The molecule has 2 fully saturated rings. The Morgan fingerprint density at radius 1 is 1.21 bits per heavy atom. The summed E-state index contributed by atoms with van der Waals surface area (Å²) in [6, 6.07) is 6.24. The molecule has 2 amide bonds. The molecule has 4 rings (SSSR count). The van der Waals surface area contributed by atoms with E-state index in [0.717, 1.165) is 6.42 Å². The highest BCUT2D eigenvalue weighted by atomic mass is 32.2. The predicted molar refractivity (Wildman–Crippen MR) is 137 cm³/mol. The molecule has 208 valence electrons. The Bertz CT molecular complexity index is 1330. The van der Waals surface area contributed by atoms with Gasteiger partial charge in [-0.25, -0.2) is 18.2 Å². The zero-order chi connectivity index (χ0) is 27.7. The van der Waals surface area contributed by atoms with Gasteiger partial charge in [0.05, 0.1) is 19.3 Å². The molecule has 1 unspecified atom stereocenters. The van der Waals surface area contributed by atoms with Crippen LogP contribution < -0.4 is 13.8 Å². The minimum atomic E-state index is -4.32. The molecule has 0 aromatic heterocycles. The maximum absolute atomic E-state index is 16.1. The fraction of sp³-hybridized carbons (Fsp3) is 0.520. The molecule has 2 aromatic carbocycles. The lowest BCUT2D eigenvalue weighted by Crippen LogP contribution is -2.36. The van der Waals surface area contributed by atoms with E-state index in [0.29, 0.717) is 34.8 Å². The van der Waals surface area contributed by atoms with Crippen molar-refractivity contribution in [2.45, 2.75) is 45.3 Å². The second-order valence-corrected chi connectivity index (χ2v) is 11.6. The molecule has 2 saturated heterocycles. The monoisotopic (exact) mass is 553 g/mol. The van der Waals surface area contributed by atoms with Gasteiger partial charge in [0.25, 0.3) is 5.91 Å². The van der Waals surface area contributed by atoms with Gasteiger partial charge in [0.15, 0.2) is 18.4 Å². The molecule has 2 heterocycles. The number of hydrogen-bond donors (Lipinski definition) is 1. The molecule has 1 N–H and O–H groups in total. The number of hydrogen-bond acceptors (Lipinski definition) is 8. The van der Waals surface area contributed by atoms with Crippen LogP contribution in [0.15, 0.2) is 24.3 Å². The molecule has 11 nitrogen and oxygen atoms in total. The molecule has 38 heavy (non-hydrogen) atoms. The first-order valence-electron chi connectivity index (χ1n) is 12.2. The van der Waals surface area contributed by atoms with Gasteiger partial charge in [-0.3, -0.25) is 4.79 Å². The van der Waals surface area contributed by atoms with E-state index in [1.165, 1.54) is 13.2 Å². The fourth-order valence-corrected chi connectivity index (χ4v) is 5.65. The van der Waals surface area contributed by atoms with E-state index >= 15 is 4.39 Å². The minimum absolute atomic E-state index is 0.100. The summed E-state index contributed by atoms with van der Waals surface area (Å²) in [6.07, 6.45) is 0.968. The Morgan fingerprint density at radius 3 is 2.63 bits per heavy atom. The van der Waals surface area contributed by atoms with Crippen LogP contribution >= 0.6 is 0 Å². The standard InChI is InChI=1S/C25H32FN3O8S/c1-25(2,3)37-24(31)28-9-5-6-19(28)17-8-7-16-13-20(36-15-35-11-10-34-4)23(22(26)18(16)12-17)29-14-21(30)27-38(29,32)33/h7-8,12-13,19H,5-6,9-11,14-15H2,1-4H3,(H,27,30). The summed E-state index contributed by atoms with van der Waals surface area (Å²) in [7, 11) is -2.81. The predicted octanol–water partition coefficient (Wildman–Crippen LogP) is 3.23. The van der Waals surface area contributed by atoms with Crippen molar-refractivity contribution in [1.82, 2.24) is 9.62 Å². The van der Waals surface area contributed by atoms with Crippen LogP contribution in [-0.2, 0) is 29.2 Å². The van der Waals surface area contributed by atoms with Crippen molar-refractivity contribution in [3.05, 3.63) is 35.6 Å². The smallest absolute Gasteiger partial charge is 0.410 e. The van der Waals surface area contributed by atoms with E-state index in [9.17, 15) is 18.0 Å². The normalized spacial score (nSPS) is 19.2.